The number of benzene rings is 1. The minimum atomic E-state index is -0.533. The molecule has 1 amide bonds. The molecule has 3 nitrogen and oxygen atoms in total. The van der Waals surface area contributed by atoms with E-state index in [2.05, 4.69) is 19.2 Å². The molecule has 0 aliphatic carbocycles. The van der Waals surface area contributed by atoms with E-state index < -0.39 is 6.10 Å². The summed E-state index contributed by atoms with van der Waals surface area (Å²) in [6.45, 7) is 6.93. The van der Waals surface area contributed by atoms with Crippen molar-refractivity contribution in [1.82, 2.24) is 5.32 Å². The smallest absolute Gasteiger partial charge is 0.261 e. The molecule has 0 unspecified atom stereocenters. The van der Waals surface area contributed by atoms with Gasteiger partial charge in [-0.15, -0.1) is 0 Å². The summed E-state index contributed by atoms with van der Waals surface area (Å²) >= 11 is 0. The van der Waals surface area contributed by atoms with Gasteiger partial charge in [0.1, 0.15) is 11.6 Å². The summed E-state index contributed by atoms with van der Waals surface area (Å²) in [6, 6.07) is 5.75. The first-order valence-corrected chi connectivity index (χ1v) is 8.30. The third-order valence-corrected chi connectivity index (χ3v) is 3.86. The fourth-order valence-electron chi connectivity index (χ4n) is 2.30. The van der Waals surface area contributed by atoms with E-state index in [4.69, 9.17) is 4.74 Å². The lowest BCUT2D eigenvalue weighted by Gasteiger charge is -2.20. The van der Waals surface area contributed by atoms with Gasteiger partial charge in [-0.05, 0) is 43.0 Å². The average molecular weight is 309 g/mol. The summed E-state index contributed by atoms with van der Waals surface area (Å²) in [5.41, 5.74) is 0. The highest BCUT2D eigenvalue weighted by molar-refractivity contribution is 5.81. The number of unbranched alkanes of at least 4 members (excludes halogenated alkanes) is 1. The van der Waals surface area contributed by atoms with Crippen molar-refractivity contribution in [3.8, 4) is 5.75 Å². The molecule has 0 fully saturated rings. The second kappa shape index (κ2) is 10.2. The van der Waals surface area contributed by atoms with Crippen molar-refractivity contribution >= 4 is 5.91 Å². The van der Waals surface area contributed by atoms with Crippen LogP contribution in [0.3, 0.4) is 0 Å². The molecule has 1 N–H and O–H groups in total. The average Bonchev–Trinajstić information content (AvgIpc) is 2.54. The van der Waals surface area contributed by atoms with E-state index in [-0.39, 0.29) is 11.7 Å². The van der Waals surface area contributed by atoms with Crippen molar-refractivity contribution in [2.24, 2.45) is 5.92 Å². The molecule has 0 heterocycles. The summed E-state index contributed by atoms with van der Waals surface area (Å²) in [7, 11) is 0. The van der Waals surface area contributed by atoms with Gasteiger partial charge in [-0.3, -0.25) is 4.79 Å². The monoisotopic (exact) mass is 309 g/mol. The lowest BCUT2D eigenvalue weighted by atomic mass is 9.99. The van der Waals surface area contributed by atoms with E-state index in [0.717, 1.165) is 12.8 Å². The molecule has 1 rings (SSSR count). The van der Waals surface area contributed by atoms with Crippen molar-refractivity contribution in [1.29, 1.82) is 0 Å². The Kier molecular flexibility index (Phi) is 8.56. The molecule has 0 aliphatic rings. The first-order valence-electron chi connectivity index (χ1n) is 8.30. The van der Waals surface area contributed by atoms with E-state index in [9.17, 15) is 9.18 Å². The number of carbonyl (C=O) groups excluding carboxylic acids is 1. The van der Waals surface area contributed by atoms with Gasteiger partial charge in [0.05, 0.1) is 0 Å². The van der Waals surface area contributed by atoms with Crippen LogP contribution in [0.5, 0.6) is 5.75 Å². The first-order chi connectivity index (χ1) is 10.6. The second-order valence-corrected chi connectivity index (χ2v) is 5.63. The maximum atomic E-state index is 12.9. The van der Waals surface area contributed by atoms with Crippen LogP contribution in [0.25, 0.3) is 0 Å². The highest BCUT2D eigenvalue weighted by Crippen LogP contribution is 2.15. The maximum absolute atomic E-state index is 12.9. The SMILES string of the molecule is CCCC[C@H](CC)CNC(=O)[C@@H](CC)Oc1ccc(F)cc1. The zero-order chi connectivity index (χ0) is 16.4. The summed E-state index contributed by atoms with van der Waals surface area (Å²) < 4.78 is 18.5. The van der Waals surface area contributed by atoms with Crippen LogP contribution in [0, 0.1) is 11.7 Å². The predicted molar refractivity (Wildman–Crippen MR) is 87.4 cm³/mol. The van der Waals surface area contributed by atoms with Crippen LogP contribution in [0.2, 0.25) is 0 Å². The van der Waals surface area contributed by atoms with E-state index >= 15 is 0 Å². The summed E-state index contributed by atoms with van der Waals surface area (Å²) in [5.74, 6) is 0.627. The molecule has 22 heavy (non-hydrogen) atoms. The van der Waals surface area contributed by atoms with Gasteiger partial charge >= 0.3 is 0 Å². The molecule has 0 saturated heterocycles. The molecular weight excluding hydrogens is 281 g/mol. The number of hydrogen-bond acceptors (Lipinski definition) is 2. The molecule has 0 radical (unpaired) electrons. The molecule has 2 atom stereocenters. The molecule has 0 aromatic heterocycles. The van der Waals surface area contributed by atoms with Crippen LogP contribution in [0.15, 0.2) is 24.3 Å². The highest BCUT2D eigenvalue weighted by Gasteiger charge is 2.19. The Labute approximate surface area is 133 Å². The van der Waals surface area contributed by atoms with Crippen molar-refractivity contribution in [3.05, 3.63) is 30.1 Å². The molecule has 0 bridgehead atoms. The van der Waals surface area contributed by atoms with Crippen LogP contribution in [-0.4, -0.2) is 18.6 Å². The maximum Gasteiger partial charge on any atom is 0.261 e. The molecule has 1 aromatic carbocycles. The predicted octanol–water partition coefficient (Wildman–Crippen LogP) is 4.32. The Bertz CT molecular complexity index is 433. The van der Waals surface area contributed by atoms with Gasteiger partial charge in [0.15, 0.2) is 6.10 Å². The van der Waals surface area contributed by atoms with Gasteiger partial charge in [0.2, 0.25) is 0 Å². The molecule has 1 aromatic rings. The Morgan fingerprint density at radius 2 is 1.86 bits per heavy atom. The van der Waals surface area contributed by atoms with Gasteiger partial charge in [-0.2, -0.15) is 0 Å². The van der Waals surface area contributed by atoms with Gasteiger partial charge in [-0.1, -0.05) is 40.0 Å². The molecular formula is C18H28FNO2. The lowest BCUT2D eigenvalue weighted by Crippen LogP contribution is -2.40. The van der Waals surface area contributed by atoms with E-state index in [1.807, 2.05) is 6.92 Å². The van der Waals surface area contributed by atoms with E-state index in [1.165, 1.54) is 25.0 Å². The minimum Gasteiger partial charge on any atom is -0.481 e. The third kappa shape index (κ3) is 6.46. The number of hydrogen-bond donors (Lipinski definition) is 1. The lowest BCUT2D eigenvalue weighted by molar-refractivity contribution is -0.128. The molecule has 0 aliphatic heterocycles. The van der Waals surface area contributed by atoms with Gasteiger partial charge in [0.25, 0.3) is 5.91 Å². The largest absolute Gasteiger partial charge is 0.481 e. The van der Waals surface area contributed by atoms with Crippen molar-refractivity contribution in [2.45, 2.75) is 59.0 Å². The Morgan fingerprint density at radius 1 is 1.18 bits per heavy atom. The Balaban J connectivity index is 2.48. The fourth-order valence-corrected chi connectivity index (χ4v) is 2.30. The van der Waals surface area contributed by atoms with Crippen LogP contribution in [-0.2, 0) is 4.79 Å². The number of amides is 1. The van der Waals surface area contributed by atoms with Crippen molar-refractivity contribution in [2.75, 3.05) is 6.54 Å². The van der Waals surface area contributed by atoms with Gasteiger partial charge in [-0.25, -0.2) is 4.39 Å². The van der Waals surface area contributed by atoms with Crippen LogP contribution >= 0.6 is 0 Å². The Morgan fingerprint density at radius 3 is 2.41 bits per heavy atom. The van der Waals surface area contributed by atoms with Gasteiger partial charge in [0, 0.05) is 6.54 Å². The number of halogens is 1. The summed E-state index contributed by atoms with van der Waals surface area (Å²) in [5, 5.41) is 2.99. The standard InChI is InChI=1S/C18H28FNO2/c1-4-7-8-14(5-2)13-20-18(21)17(6-3)22-16-11-9-15(19)10-12-16/h9-12,14,17H,4-8,13H2,1-3H3,(H,20,21)/t14-,17+/m0/s1. The molecule has 0 spiro atoms. The first kappa shape index (κ1) is 18.5. The number of nitrogens with one attached hydrogen (secondary N) is 1. The fraction of sp³-hybridized carbons (Fsp3) is 0.611. The third-order valence-electron chi connectivity index (χ3n) is 3.86. The molecule has 124 valence electrons. The highest BCUT2D eigenvalue weighted by atomic mass is 19.1. The second-order valence-electron chi connectivity index (χ2n) is 5.63. The van der Waals surface area contributed by atoms with Crippen molar-refractivity contribution in [3.63, 3.8) is 0 Å². The molecule has 4 heteroatoms. The Hall–Kier alpha value is -1.58. The summed E-state index contributed by atoms with van der Waals surface area (Å²) in [6.07, 6.45) is 4.62. The van der Waals surface area contributed by atoms with E-state index in [0.29, 0.717) is 24.6 Å². The van der Waals surface area contributed by atoms with Gasteiger partial charge < -0.3 is 10.1 Å². The number of carbonyl (C=O) groups is 1. The van der Waals surface area contributed by atoms with Crippen LogP contribution in [0.1, 0.15) is 52.9 Å². The van der Waals surface area contributed by atoms with Crippen molar-refractivity contribution < 1.29 is 13.9 Å². The van der Waals surface area contributed by atoms with Crippen LogP contribution < -0.4 is 10.1 Å². The topological polar surface area (TPSA) is 38.3 Å². The minimum absolute atomic E-state index is 0.0956. The zero-order valence-corrected chi connectivity index (χ0v) is 13.9. The quantitative estimate of drug-likeness (QED) is 0.699. The normalized spacial score (nSPS) is 13.5. The number of rotatable bonds is 10. The van der Waals surface area contributed by atoms with E-state index in [1.54, 1.807) is 12.1 Å². The van der Waals surface area contributed by atoms with Crippen LogP contribution in [0.4, 0.5) is 4.39 Å². The summed E-state index contributed by atoms with van der Waals surface area (Å²) in [4.78, 5) is 12.2. The molecule has 0 saturated carbocycles. The number of ether oxygens (including phenoxy) is 1. The zero-order valence-electron chi connectivity index (χ0n) is 13.9.